The van der Waals surface area contributed by atoms with Crippen LogP contribution in [0.3, 0.4) is 0 Å². The highest BCUT2D eigenvalue weighted by molar-refractivity contribution is 6.36. The summed E-state index contributed by atoms with van der Waals surface area (Å²) < 4.78 is 5.50. The van der Waals surface area contributed by atoms with Crippen molar-refractivity contribution in [3.05, 3.63) is 63.1 Å². The van der Waals surface area contributed by atoms with Crippen molar-refractivity contribution in [2.75, 3.05) is 6.61 Å². The van der Waals surface area contributed by atoms with Gasteiger partial charge in [-0.15, -0.1) is 0 Å². The molecule has 0 saturated heterocycles. The van der Waals surface area contributed by atoms with Crippen molar-refractivity contribution in [2.45, 2.75) is 27.7 Å². The fourth-order valence-electron chi connectivity index (χ4n) is 3.01. The molecule has 3 rings (SSSR count). The third-order valence-corrected chi connectivity index (χ3v) is 4.77. The fraction of sp³-hybridized carbons (Fsp3) is 0.273. The topological polar surface area (TPSA) is 39.2 Å². The molecule has 0 aliphatic carbocycles. The second kappa shape index (κ2) is 7.87. The van der Waals surface area contributed by atoms with Gasteiger partial charge in [0.2, 0.25) is 0 Å². The van der Waals surface area contributed by atoms with E-state index in [-0.39, 0.29) is 11.9 Å². The average Bonchev–Trinajstić information content (AvgIpc) is 2.59. The summed E-state index contributed by atoms with van der Waals surface area (Å²) in [5.41, 5.74) is 4.66. The Morgan fingerprint density at radius 2 is 1.85 bits per heavy atom. The zero-order chi connectivity index (χ0) is 19.7. The van der Waals surface area contributed by atoms with E-state index in [9.17, 15) is 4.79 Å². The summed E-state index contributed by atoms with van der Waals surface area (Å²) in [7, 11) is 0. The molecule has 3 aromatic rings. The van der Waals surface area contributed by atoms with E-state index in [1.54, 1.807) is 18.2 Å². The molecule has 0 atom stereocenters. The Hall–Kier alpha value is -2.10. The number of carbonyl (C=O) groups excluding carboxylic acids is 1. The number of nitrogens with zero attached hydrogens (tertiary/aromatic N) is 1. The largest absolute Gasteiger partial charge is 0.462 e. The predicted octanol–water partition coefficient (Wildman–Crippen LogP) is 6.64. The highest BCUT2D eigenvalue weighted by Gasteiger charge is 2.18. The molecule has 0 amide bonds. The molecular weight excluding hydrogens is 381 g/mol. The quantitative estimate of drug-likeness (QED) is 0.460. The van der Waals surface area contributed by atoms with E-state index in [0.29, 0.717) is 27.9 Å². The molecule has 0 N–H and O–H groups in total. The maximum atomic E-state index is 12.8. The number of aryl methyl sites for hydroxylation is 2. The second-order valence-electron chi connectivity index (χ2n) is 7.15. The highest BCUT2D eigenvalue weighted by Crippen LogP contribution is 2.33. The molecule has 0 aliphatic heterocycles. The van der Waals surface area contributed by atoms with Crippen LogP contribution in [0.1, 0.15) is 35.3 Å². The molecule has 1 heterocycles. The van der Waals surface area contributed by atoms with Crippen molar-refractivity contribution >= 4 is 40.1 Å². The molecule has 140 valence electrons. The van der Waals surface area contributed by atoms with Crippen LogP contribution in [0.2, 0.25) is 10.0 Å². The number of fused-ring (bicyclic) bond motifs is 1. The minimum Gasteiger partial charge on any atom is -0.462 e. The number of benzene rings is 2. The Bertz CT molecular complexity index is 1030. The van der Waals surface area contributed by atoms with Crippen molar-refractivity contribution in [2.24, 2.45) is 5.92 Å². The first kappa shape index (κ1) is 19.7. The van der Waals surface area contributed by atoms with E-state index >= 15 is 0 Å². The second-order valence-corrected chi connectivity index (χ2v) is 7.99. The van der Waals surface area contributed by atoms with E-state index in [1.807, 2.05) is 45.9 Å². The number of halogens is 2. The molecule has 0 aliphatic rings. The van der Waals surface area contributed by atoms with Crippen LogP contribution in [-0.2, 0) is 4.74 Å². The van der Waals surface area contributed by atoms with Crippen LogP contribution in [0.5, 0.6) is 0 Å². The monoisotopic (exact) mass is 401 g/mol. The molecule has 0 radical (unpaired) electrons. The summed E-state index contributed by atoms with van der Waals surface area (Å²) in [5.74, 6) is -0.0943. The van der Waals surface area contributed by atoms with Gasteiger partial charge in [-0.25, -0.2) is 9.78 Å². The normalized spacial score (nSPS) is 11.2. The van der Waals surface area contributed by atoms with Crippen molar-refractivity contribution in [1.82, 2.24) is 4.98 Å². The first-order valence-electron chi connectivity index (χ1n) is 8.81. The first-order chi connectivity index (χ1) is 12.8. The van der Waals surface area contributed by atoms with Gasteiger partial charge < -0.3 is 4.74 Å². The van der Waals surface area contributed by atoms with Gasteiger partial charge in [-0.05, 0) is 55.7 Å². The fourth-order valence-corrected chi connectivity index (χ4v) is 3.51. The molecular formula is C22H21Cl2NO2. The lowest BCUT2D eigenvalue weighted by molar-refractivity contribution is 0.0461. The molecule has 0 saturated carbocycles. The number of pyridine rings is 1. The zero-order valence-corrected chi connectivity index (χ0v) is 17.3. The molecule has 5 heteroatoms. The number of ether oxygens (including phenoxy) is 1. The van der Waals surface area contributed by atoms with Gasteiger partial charge in [0.1, 0.15) is 0 Å². The molecule has 27 heavy (non-hydrogen) atoms. The SMILES string of the molecule is Cc1cc(C)c2nc(-c3ccc(Cl)cc3Cl)cc(C(=O)OCC(C)C)c2c1. The minimum absolute atomic E-state index is 0.260. The lowest BCUT2D eigenvalue weighted by Crippen LogP contribution is -2.11. The predicted molar refractivity (Wildman–Crippen MR) is 112 cm³/mol. The van der Waals surface area contributed by atoms with Gasteiger partial charge in [0.25, 0.3) is 0 Å². The van der Waals surface area contributed by atoms with E-state index in [0.717, 1.165) is 27.6 Å². The van der Waals surface area contributed by atoms with E-state index in [2.05, 4.69) is 0 Å². The van der Waals surface area contributed by atoms with E-state index in [1.165, 1.54) is 0 Å². The molecule has 2 aromatic carbocycles. The van der Waals surface area contributed by atoms with Gasteiger partial charge in [-0.3, -0.25) is 0 Å². The Balaban J connectivity index is 2.23. The van der Waals surface area contributed by atoms with Gasteiger partial charge >= 0.3 is 5.97 Å². The number of hydrogen-bond donors (Lipinski definition) is 0. The minimum atomic E-state index is -0.354. The Morgan fingerprint density at radius 3 is 2.52 bits per heavy atom. The van der Waals surface area contributed by atoms with E-state index in [4.69, 9.17) is 32.9 Å². The molecule has 0 unspecified atom stereocenters. The van der Waals surface area contributed by atoms with Gasteiger partial charge in [0.15, 0.2) is 0 Å². The number of esters is 1. The summed E-state index contributed by atoms with van der Waals surface area (Å²) >= 11 is 12.4. The number of aromatic nitrogens is 1. The van der Waals surface area contributed by atoms with Crippen LogP contribution >= 0.6 is 23.2 Å². The van der Waals surface area contributed by atoms with Gasteiger partial charge in [0.05, 0.1) is 28.4 Å². The summed E-state index contributed by atoms with van der Waals surface area (Å²) in [4.78, 5) is 17.6. The van der Waals surface area contributed by atoms with Crippen LogP contribution in [0.4, 0.5) is 0 Å². The lowest BCUT2D eigenvalue weighted by Gasteiger charge is -2.14. The van der Waals surface area contributed by atoms with Crippen molar-refractivity contribution < 1.29 is 9.53 Å². The first-order valence-corrected chi connectivity index (χ1v) is 9.56. The third-order valence-electron chi connectivity index (χ3n) is 4.22. The van der Waals surface area contributed by atoms with Gasteiger partial charge in [0, 0.05) is 16.0 Å². The van der Waals surface area contributed by atoms with Crippen molar-refractivity contribution in [3.63, 3.8) is 0 Å². The molecule has 0 fully saturated rings. The number of rotatable bonds is 4. The molecule has 1 aromatic heterocycles. The van der Waals surface area contributed by atoms with Gasteiger partial charge in [-0.2, -0.15) is 0 Å². The maximum absolute atomic E-state index is 12.8. The van der Waals surface area contributed by atoms with Crippen LogP contribution < -0.4 is 0 Å². The highest BCUT2D eigenvalue weighted by atomic mass is 35.5. The van der Waals surface area contributed by atoms with Crippen LogP contribution in [0.15, 0.2) is 36.4 Å². The Morgan fingerprint density at radius 1 is 1.11 bits per heavy atom. The Labute approximate surface area is 169 Å². The third kappa shape index (κ3) is 4.26. The van der Waals surface area contributed by atoms with E-state index < -0.39 is 0 Å². The molecule has 0 spiro atoms. The summed E-state index contributed by atoms with van der Waals surface area (Å²) in [5, 5.41) is 1.82. The summed E-state index contributed by atoms with van der Waals surface area (Å²) in [6.07, 6.45) is 0. The number of hydrogen-bond acceptors (Lipinski definition) is 3. The van der Waals surface area contributed by atoms with Crippen molar-refractivity contribution in [3.8, 4) is 11.3 Å². The van der Waals surface area contributed by atoms with Crippen LogP contribution in [0, 0.1) is 19.8 Å². The standard InChI is InChI=1S/C22H21Cl2NO2/c1-12(2)11-27-22(26)18-10-20(16-6-5-15(23)9-19(16)24)25-21-14(4)7-13(3)8-17(18)21/h5-10,12H,11H2,1-4H3. The van der Waals surface area contributed by atoms with Crippen molar-refractivity contribution in [1.29, 1.82) is 0 Å². The maximum Gasteiger partial charge on any atom is 0.338 e. The van der Waals surface area contributed by atoms with Gasteiger partial charge in [-0.1, -0.05) is 48.7 Å². The lowest BCUT2D eigenvalue weighted by atomic mass is 10.00. The summed E-state index contributed by atoms with van der Waals surface area (Å²) in [6, 6.07) is 11.0. The van der Waals surface area contributed by atoms with Crippen LogP contribution in [0.25, 0.3) is 22.2 Å². The molecule has 3 nitrogen and oxygen atoms in total. The molecule has 0 bridgehead atoms. The number of carbonyl (C=O) groups is 1. The van der Waals surface area contributed by atoms with Crippen LogP contribution in [-0.4, -0.2) is 17.6 Å². The average molecular weight is 402 g/mol. The smallest absolute Gasteiger partial charge is 0.338 e. The zero-order valence-electron chi connectivity index (χ0n) is 15.8. The summed E-state index contributed by atoms with van der Waals surface area (Å²) in [6.45, 7) is 8.36. The Kier molecular flexibility index (Phi) is 5.73.